The van der Waals surface area contributed by atoms with Crippen LogP contribution < -0.4 is 10.7 Å². The summed E-state index contributed by atoms with van der Waals surface area (Å²) in [4.78, 5) is 28.9. The Morgan fingerprint density at radius 2 is 1.97 bits per heavy atom. The van der Waals surface area contributed by atoms with E-state index in [1.807, 2.05) is 4.57 Å². The topological polar surface area (TPSA) is 106 Å². The summed E-state index contributed by atoms with van der Waals surface area (Å²) in [7, 11) is 0. The molecule has 1 saturated carbocycles. The molecular formula is C21H26F3N7O2. The highest BCUT2D eigenvalue weighted by Gasteiger charge is 2.42. The number of imidazole rings is 1. The fourth-order valence-electron chi connectivity index (χ4n) is 4.98. The van der Waals surface area contributed by atoms with Gasteiger partial charge in [0.1, 0.15) is 5.52 Å². The predicted octanol–water partition coefficient (Wildman–Crippen LogP) is 3.77. The smallest absolute Gasteiger partial charge is 0.354 e. The lowest BCUT2D eigenvalue weighted by Crippen LogP contribution is -2.42. The van der Waals surface area contributed by atoms with Gasteiger partial charge >= 0.3 is 11.9 Å². The maximum absolute atomic E-state index is 13.5. The molecule has 1 N–H and O–H groups in total. The van der Waals surface area contributed by atoms with E-state index >= 15 is 0 Å². The van der Waals surface area contributed by atoms with Crippen molar-refractivity contribution in [3.8, 4) is 11.6 Å². The molecule has 1 aliphatic heterocycles. The van der Waals surface area contributed by atoms with Crippen LogP contribution in [0, 0.1) is 17.8 Å². The zero-order valence-corrected chi connectivity index (χ0v) is 18.3. The van der Waals surface area contributed by atoms with Crippen molar-refractivity contribution in [2.24, 2.45) is 17.8 Å². The quantitative estimate of drug-likeness (QED) is 0.625. The highest BCUT2D eigenvalue weighted by atomic mass is 19.4. The summed E-state index contributed by atoms with van der Waals surface area (Å²) < 4.78 is 47.1. The first-order chi connectivity index (χ1) is 15.8. The van der Waals surface area contributed by atoms with Crippen LogP contribution in [0.2, 0.25) is 0 Å². The summed E-state index contributed by atoms with van der Waals surface area (Å²) in [5.74, 6) is -0.529. The first kappa shape index (κ1) is 21.9. The molecule has 0 amide bonds. The average molecular weight is 465 g/mol. The van der Waals surface area contributed by atoms with Gasteiger partial charge in [-0.2, -0.15) is 13.2 Å². The van der Waals surface area contributed by atoms with Gasteiger partial charge in [-0.3, -0.25) is 9.51 Å². The van der Waals surface area contributed by atoms with E-state index in [2.05, 4.69) is 36.5 Å². The number of piperidine rings is 1. The molecule has 1 atom stereocenters. The molecule has 2 fully saturated rings. The van der Waals surface area contributed by atoms with Crippen molar-refractivity contribution in [3.05, 3.63) is 16.9 Å². The number of halogens is 3. The largest absolute Gasteiger partial charge is 0.439 e. The van der Waals surface area contributed by atoms with Crippen molar-refractivity contribution in [2.75, 3.05) is 18.0 Å². The third-order valence-corrected chi connectivity index (χ3v) is 6.88. The van der Waals surface area contributed by atoms with Crippen LogP contribution in [0.3, 0.4) is 0 Å². The van der Waals surface area contributed by atoms with Gasteiger partial charge < -0.3 is 9.47 Å². The second-order valence-electron chi connectivity index (χ2n) is 9.34. The first-order valence-corrected chi connectivity index (χ1v) is 11.4. The molecule has 33 heavy (non-hydrogen) atoms. The molecule has 0 aromatic carbocycles. The average Bonchev–Trinajstić information content (AvgIpc) is 3.40. The molecule has 1 aliphatic carbocycles. The second-order valence-corrected chi connectivity index (χ2v) is 9.34. The zero-order chi connectivity index (χ0) is 23.2. The number of alkyl halides is 3. The number of anilines is 1. The molecule has 2 aliphatic rings. The van der Waals surface area contributed by atoms with Gasteiger partial charge in [-0.1, -0.05) is 24.9 Å². The molecule has 3 aromatic rings. The second kappa shape index (κ2) is 8.45. The molecule has 5 rings (SSSR count). The Morgan fingerprint density at radius 3 is 2.67 bits per heavy atom. The molecule has 1 unspecified atom stereocenters. The first-order valence-electron chi connectivity index (χ1n) is 11.4. The van der Waals surface area contributed by atoms with E-state index in [4.69, 9.17) is 0 Å². The summed E-state index contributed by atoms with van der Waals surface area (Å²) in [5.41, 5.74) is 0.975. The minimum Gasteiger partial charge on any atom is -0.354 e. The van der Waals surface area contributed by atoms with Crippen LogP contribution in [0.25, 0.3) is 22.8 Å². The van der Waals surface area contributed by atoms with Crippen molar-refractivity contribution in [2.45, 2.75) is 58.2 Å². The Kier molecular flexibility index (Phi) is 5.61. The van der Waals surface area contributed by atoms with Crippen molar-refractivity contribution in [1.29, 1.82) is 0 Å². The van der Waals surface area contributed by atoms with Gasteiger partial charge in [-0.15, -0.1) is 0 Å². The van der Waals surface area contributed by atoms with Crippen LogP contribution >= 0.6 is 0 Å². The Morgan fingerprint density at radius 1 is 1.18 bits per heavy atom. The molecule has 0 bridgehead atoms. The van der Waals surface area contributed by atoms with E-state index in [-0.39, 0.29) is 24.6 Å². The molecule has 4 heterocycles. The van der Waals surface area contributed by atoms with E-state index in [1.54, 1.807) is 11.2 Å². The lowest BCUT2D eigenvalue weighted by atomic mass is 9.83. The van der Waals surface area contributed by atoms with Gasteiger partial charge in [-0.05, 0) is 37.5 Å². The molecule has 12 heteroatoms. The summed E-state index contributed by atoms with van der Waals surface area (Å²) in [6.45, 7) is 3.24. The number of H-pyrrole nitrogens is 1. The van der Waals surface area contributed by atoms with E-state index in [0.717, 1.165) is 25.3 Å². The summed E-state index contributed by atoms with van der Waals surface area (Å²) in [6, 6.07) is 0. The molecule has 0 spiro atoms. The fraction of sp³-hybridized carbons (Fsp3) is 0.667. The van der Waals surface area contributed by atoms with Crippen LogP contribution in [0.4, 0.5) is 19.0 Å². The lowest BCUT2D eigenvalue weighted by Gasteiger charge is -2.35. The van der Waals surface area contributed by atoms with Crippen LogP contribution in [0.15, 0.2) is 15.6 Å². The molecule has 178 valence electrons. The fourth-order valence-corrected chi connectivity index (χ4v) is 4.98. The highest BCUT2D eigenvalue weighted by molar-refractivity contribution is 5.85. The van der Waals surface area contributed by atoms with E-state index in [0.29, 0.717) is 35.9 Å². The molecule has 1 saturated heterocycles. The number of aromatic nitrogens is 6. The van der Waals surface area contributed by atoms with Gasteiger partial charge in [0.25, 0.3) is 0 Å². The zero-order valence-electron chi connectivity index (χ0n) is 18.3. The minimum absolute atomic E-state index is 0.0170. The number of aromatic amines is 1. The Hall–Kier alpha value is -2.92. The highest BCUT2D eigenvalue weighted by Crippen LogP contribution is 2.37. The van der Waals surface area contributed by atoms with Crippen LogP contribution in [0.1, 0.15) is 45.4 Å². The number of rotatable bonds is 4. The van der Waals surface area contributed by atoms with Gasteiger partial charge in [0.15, 0.2) is 11.5 Å². The van der Waals surface area contributed by atoms with Crippen molar-refractivity contribution >= 4 is 17.0 Å². The molecule has 9 nitrogen and oxygen atoms in total. The molecule has 3 aromatic heterocycles. The van der Waals surface area contributed by atoms with Crippen LogP contribution in [-0.2, 0) is 6.54 Å². The van der Waals surface area contributed by atoms with Crippen LogP contribution in [-0.4, -0.2) is 48.9 Å². The number of nitrogens with zero attached hydrogens (tertiary/aromatic N) is 6. The summed E-state index contributed by atoms with van der Waals surface area (Å²) in [6.07, 6.45) is 2.46. The number of hydrogen-bond acceptors (Lipinski definition) is 7. The standard InChI is InChI=1S/C21H26F3N7O2/c1-12-4-6-13(7-5-12)9-31-11-25-16-15(31)19(27-17(26-16)18-28-20(32)33-29-18)30-8-2-3-14(10-30)21(22,23)24/h11-14H,2-10H2,1H3,(H,28,29,32). The van der Waals surface area contributed by atoms with E-state index < -0.39 is 17.9 Å². The normalized spacial score (nSPS) is 24.5. The van der Waals surface area contributed by atoms with Crippen molar-refractivity contribution in [1.82, 2.24) is 29.7 Å². The maximum atomic E-state index is 13.5. The Labute approximate surface area is 187 Å². The van der Waals surface area contributed by atoms with E-state index in [1.165, 1.54) is 12.8 Å². The Balaban J connectivity index is 1.56. The number of fused-ring (bicyclic) bond motifs is 1. The third kappa shape index (κ3) is 4.47. The van der Waals surface area contributed by atoms with Crippen molar-refractivity contribution in [3.63, 3.8) is 0 Å². The van der Waals surface area contributed by atoms with E-state index in [9.17, 15) is 18.0 Å². The third-order valence-electron chi connectivity index (χ3n) is 6.88. The van der Waals surface area contributed by atoms with Gasteiger partial charge in [0.05, 0.1) is 12.2 Å². The molecular weight excluding hydrogens is 439 g/mol. The minimum atomic E-state index is -4.27. The maximum Gasteiger partial charge on any atom is 0.439 e. The lowest BCUT2D eigenvalue weighted by molar-refractivity contribution is -0.176. The number of hydrogen-bond donors (Lipinski definition) is 1. The van der Waals surface area contributed by atoms with Crippen LogP contribution in [0.5, 0.6) is 0 Å². The predicted molar refractivity (Wildman–Crippen MR) is 114 cm³/mol. The molecule has 0 radical (unpaired) electrons. The summed E-state index contributed by atoms with van der Waals surface area (Å²) in [5, 5.41) is 3.64. The van der Waals surface area contributed by atoms with Crippen molar-refractivity contribution < 1.29 is 17.7 Å². The summed E-state index contributed by atoms with van der Waals surface area (Å²) >= 11 is 0. The van der Waals surface area contributed by atoms with Gasteiger partial charge in [0.2, 0.25) is 11.6 Å². The number of nitrogens with one attached hydrogen (secondary N) is 1. The Bertz CT molecular complexity index is 1180. The monoisotopic (exact) mass is 465 g/mol. The van der Waals surface area contributed by atoms with Gasteiger partial charge in [-0.25, -0.2) is 19.7 Å². The SMILES string of the molecule is CC1CCC(Cn2cnc3nc(-c4noc(=O)[nH]4)nc(N4CCCC(C(F)(F)F)C4)c32)CC1. The van der Waals surface area contributed by atoms with Gasteiger partial charge in [0, 0.05) is 19.6 Å².